The molecule has 6 nitrogen and oxygen atoms in total. The van der Waals surface area contributed by atoms with Crippen LogP contribution in [0.25, 0.3) is 5.57 Å². The number of amides is 1. The minimum Gasteiger partial charge on any atom is -0.496 e. The van der Waals surface area contributed by atoms with E-state index < -0.39 is 0 Å². The van der Waals surface area contributed by atoms with Gasteiger partial charge in [0, 0.05) is 31.4 Å². The molecule has 0 saturated heterocycles. The van der Waals surface area contributed by atoms with Crippen LogP contribution in [-0.4, -0.2) is 50.2 Å². The molecule has 1 aromatic heterocycles. The zero-order valence-electron chi connectivity index (χ0n) is 14.7. The van der Waals surface area contributed by atoms with Crippen molar-refractivity contribution in [3.8, 4) is 17.2 Å². The Bertz CT molecular complexity index is 756. The maximum absolute atomic E-state index is 12.4. The van der Waals surface area contributed by atoms with Crippen molar-refractivity contribution in [3.63, 3.8) is 0 Å². The van der Waals surface area contributed by atoms with Crippen LogP contribution in [0, 0.1) is 0 Å². The van der Waals surface area contributed by atoms with Gasteiger partial charge in [-0.05, 0) is 24.1 Å². The number of carbonyl (C=O) groups excluding carboxylic acids is 1. The summed E-state index contributed by atoms with van der Waals surface area (Å²) in [6, 6.07) is 7.30. The van der Waals surface area contributed by atoms with Gasteiger partial charge in [0.2, 0.25) is 0 Å². The molecular formula is C19H22N2O4. The fourth-order valence-electron chi connectivity index (χ4n) is 3.04. The smallest absolute Gasteiger partial charge is 0.270 e. The van der Waals surface area contributed by atoms with Crippen molar-refractivity contribution in [1.82, 2.24) is 9.88 Å². The Morgan fingerprint density at radius 1 is 1.12 bits per heavy atom. The molecule has 0 saturated carbocycles. The summed E-state index contributed by atoms with van der Waals surface area (Å²) < 4.78 is 16.4. The molecule has 1 N–H and O–H groups in total. The summed E-state index contributed by atoms with van der Waals surface area (Å²) in [5.74, 6) is 2.09. The molecule has 0 fully saturated rings. The second-order valence-corrected chi connectivity index (χ2v) is 5.72. The zero-order valence-corrected chi connectivity index (χ0v) is 14.7. The molecule has 0 unspecified atom stereocenters. The van der Waals surface area contributed by atoms with Gasteiger partial charge in [-0.15, -0.1) is 0 Å². The first kappa shape index (κ1) is 17.0. The lowest BCUT2D eigenvalue weighted by atomic mass is 9.97. The summed E-state index contributed by atoms with van der Waals surface area (Å²) >= 11 is 0. The van der Waals surface area contributed by atoms with Crippen LogP contribution in [0.15, 0.2) is 36.5 Å². The van der Waals surface area contributed by atoms with E-state index in [1.165, 1.54) is 0 Å². The lowest BCUT2D eigenvalue weighted by molar-refractivity contribution is 0.0767. The Labute approximate surface area is 147 Å². The second kappa shape index (κ2) is 7.34. The van der Waals surface area contributed by atoms with Gasteiger partial charge in [0.1, 0.15) is 22.9 Å². The molecule has 1 amide bonds. The zero-order chi connectivity index (χ0) is 17.8. The Hall–Kier alpha value is -2.89. The maximum Gasteiger partial charge on any atom is 0.270 e. The number of aromatic nitrogens is 1. The molecule has 1 aliphatic rings. The third kappa shape index (κ3) is 3.33. The number of H-pyrrole nitrogens is 1. The fourth-order valence-corrected chi connectivity index (χ4v) is 3.04. The minimum absolute atomic E-state index is 0.00830. The summed E-state index contributed by atoms with van der Waals surface area (Å²) in [4.78, 5) is 17.2. The molecule has 2 heterocycles. The van der Waals surface area contributed by atoms with Gasteiger partial charge in [-0.25, -0.2) is 0 Å². The van der Waals surface area contributed by atoms with Gasteiger partial charge in [0.25, 0.3) is 5.91 Å². The number of ether oxygens (including phenoxy) is 3. The van der Waals surface area contributed by atoms with E-state index in [9.17, 15) is 4.79 Å². The van der Waals surface area contributed by atoms with Gasteiger partial charge in [-0.3, -0.25) is 4.79 Å². The van der Waals surface area contributed by atoms with Gasteiger partial charge in [0.15, 0.2) is 0 Å². The maximum atomic E-state index is 12.4. The van der Waals surface area contributed by atoms with Crippen molar-refractivity contribution < 1.29 is 19.0 Å². The van der Waals surface area contributed by atoms with E-state index in [1.54, 1.807) is 33.6 Å². The van der Waals surface area contributed by atoms with Crippen molar-refractivity contribution in [2.45, 2.75) is 6.42 Å². The third-order valence-corrected chi connectivity index (χ3v) is 4.36. The molecule has 3 rings (SSSR count). The monoisotopic (exact) mass is 342 g/mol. The summed E-state index contributed by atoms with van der Waals surface area (Å²) in [6.07, 6.45) is 4.54. The van der Waals surface area contributed by atoms with E-state index in [0.29, 0.717) is 36.0 Å². The lowest BCUT2D eigenvalue weighted by Crippen LogP contribution is -2.34. The van der Waals surface area contributed by atoms with Crippen molar-refractivity contribution >= 4 is 11.5 Å². The van der Waals surface area contributed by atoms with Gasteiger partial charge in [0.05, 0.1) is 26.9 Å². The molecule has 6 heteroatoms. The Balaban J connectivity index is 1.87. The standard InChI is InChI=1S/C19H22N2O4/c1-23-14-11-16(24-2)18(17(12-14)25-3)13-6-9-21(10-7-13)19(22)15-5-4-8-20-15/h4-6,8,11-12,20H,7,9-10H2,1-3H3. The summed E-state index contributed by atoms with van der Waals surface area (Å²) in [5, 5.41) is 0. The SMILES string of the molecule is COc1cc(OC)c(C2=CCN(C(=O)c3ccc[nH]3)CC2)c(OC)c1. The highest BCUT2D eigenvalue weighted by atomic mass is 16.5. The summed E-state index contributed by atoms with van der Waals surface area (Å²) in [6.45, 7) is 1.19. The number of benzene rings is 1. The molecular weight excluding hydrogens is 320 g/mol. The minimum atomic E-state index is 0.00830. The van der Waals surface area contributed by atoms with E-state index in [0.717, 1.165) is 17.6 Å². The molecule has 0 spiro atoms. The Morgan fingerprint density at radius 2 is 1.84 bits per heavy atom. The first-order valence-electron chi connectivity index (χ1n) is 8.10. The van der Waals surface area contributed by atoms with Crippen LogP contribution in [0.4, 0.5) is 0 Å². The Kier molecular flexibility index (Phi) is 4.97. The molecule has 1 aliphatic heterocycles. The molecule has 132 valence electrons. The van der Waals surface area contributed by atoms with Gasteiger partial charge in [-0.1, -0.05) is 6.08 Å². The number of hydrogen-bond donors (Lipinski definition) is 1. The van der Waals surface area contributed by atoms with E-state index in [4.69, 9.17) is 14.2 Å². The van der Waals surface area contributed by atoms with E-state index in [2.05, 4.69) is 11.1 Å². The van der Waals surface area contributed by atoms with Crippen LogP contribution >= 0.6 is 0 Å². The highest BCUT2D eigenvalue weighted by molar-refractivity contribution is 5.93. The summed E-state index contributed by atoms with van der Waals surface area (Å²) in [5.41, 5.74) is 2.63. The molecule has 1 aromatic carbocycles. The van der Waals surface area contributed by atoms with E-state index in [1.807, 2.05) is 23.1 Å². The number of carbonyl (C=O) groups is 1. The third-order valence-electron chi connectivity index (χ3n) is 4.36. The average molecular weight is 342 g/mol. The van der Waals surface area contributed by atoms with E-state index >= 15 is 0 Å². The number of nitrogens with one attached hydrogen (secondary N) is 1. The van der Waals surface area contributed by atoms with Gasteiger partial charge in [-0.2, -0.15) is 0 Å². The number of rotatable bonds is 5. The van der Waals surface area contributed by atoms with Crippen LogP contribution in [0.3, 0.4) is 0 Å². The van der Waals surface area contributed by atoms with Crippen LogP contribution in [0.5, 0.6) is 17.2 Å². The number of hydrogen-bond acceptors (Lipinski definition) is 4. The largest absolute Gasteiger partial charge is 0.496 e. The van der Waals surface area contributed by atoms with E-state index in [-0.39, 0.29) is 5.91 Å². The number of aromatic amines is 1. The van der Waals surface area contributed by atoms with Gasteiger partial charge >= 0.3 is 0 Å². The molecule has 0 radical (unpaired) electrons. The van der Waals surface area contributed by atoms with Crippen LogP contribution < -0.4 is 14.2 Å². The summed E-state index contributed by atoms with van der Waals surface area (Å²) in [7, 11) is 4.86. The van der Waals surface area contributed by atoms with Crippen LogP contribution in [-0.2, 0) is 0 Å². The fraction of sp³-hybridized carbons (Fsp3) is 0.316. The van der Waals surface area contributed by atoms with Gasteiger partial charge < -0.3 is 24.1 Å². The number of nitrogens with zero attached hydrogens (tertiary/aromatic N) is 1. The molecule has 25 heavy (non-hydrogen) atoms. The predicted octanol–water partition coefficient (Wildman–Crippen LogP) is 2.97. The average Bonchev–Trinajstić information content (AvgIpc) is 3.21. The molecule has 0 bridgehead atoms. The first-order chi connectivity index (χ1) is 12.2. The quantitative estimate of drug-likeness (QED) is 0.907. The van der Waals surface area contributed by atoms with Crippen LogP contribution in [0.2, 0.25) is 0 Å². The molecule has 0 atom stereocenters. The lowest BCUT2D eigenvalue weighted by Gasteiger charge is -2.27. The first-order valence-corrected chi connectivity index (χ1v) is 8.10. The predicted molar refractivity (Wildman–Crippen MR) is 95.4 cm³/mol. The van der Waals surface area contributed by atoms with Crippen molar-refractivity contribution in [3.05, 3.63) is 47.8 Å². The van der Waals surface area contributed by atoms with Crippen LogP contribution in [0.1, 0.15) is 22.5 Å². The number of methoxy groups -OCH3 is 3. The molecule has 0 aliphatic carbocycles. The second-order valence-electron chi connectivity index (χ2n) is 5.72. The van der Waals surface area contributed by atoms with Crippen molar-refractivity contribution in [2.24, 2.45) is 0 Å². The normalized spacial score (nSPS) is 14.0. The molecule has 2 aromatic rings. The highest BCUT2D eigenvalue weighted by Gasteiger charge is 2.23. The van der Waals surface area contributed by atoms with Crippen molar-refractivity contribution in [1.29, 1.82) is 0 Å². The topological polar surface area (TPSA) is 63.8 Å². The van der Waals surface area contributed by atoms with Crippen molar-refractivity contribution in [2.75, 3.05) is 34.4 Å². The highest BCUT2D eigenvalue weighted by Crippen LogP contribution is 2.40. The Morgan fingerprint density at radius 3 is 2.32 bits per heavy atom.